The van der Waals surface area contributed by atoms with Crippen molar-refractivity contribution in [2.24, 2.45) is 5.92 Å². The molecule has 0 aliphatic rings. The Morgan fingerprint density at radius 3 is 2.95 bits per heavy atom. The molecule has 1 amide bonds. The summed E-state index contributed by atoms with van der Waals surface area (Å²) in [5.74, 6) is 0.678. The molecule has 0 aromatic carbocycles. The fourth-order valence-electron chi connectivity index (χ4n) is 2.35. The van der Waals surface area contributed by atoms with Crippen molar-refractivity contribution in [2.75, 3.05) is 13.6 Å². The summed E-state index contributed by atoms with van der Waals surface area (Å²) in [5.41, 5.74) is 2.18. The second-order valence-electron chi connectivity index (χ2n) is 5.67. The van der Waals surface area contributed by atoms with Crippen LogP contribution in [0.4, 0.5) is 0 Å². The van der Waals surface area contributed by atoms with Gasteiger partial charge in [-0.15, -0.1) is 0 Å². The number of hydrogen-bond donors (Lipinski definition) is 2. The summed E-state index contributed by atoms with van der Waals surface area (Å²) in [6.45, 7) is 6.86. The highest BCUT2D eigenvalue weighted by Gasteiger charge is 2.10. The van der Waals surface area contributed by atoms with Gasteiger partial charge in [0.2, 0.25) is 5.91 Å². The van der Waals surface area contributed by atoms with E-state index in [0.717, 1.165) is 24.1 Å². The van der Waals surface area contributed by atoms with E-state index in [-0.39, 0.29) is 5.91 Å². The molecule has 2 aromatic rings. The molecule has 0 aliphatic heterocycles. The SMILES string of the molecule is CNC(=O)CCn1cc(CNCC(C)C)c2cccnc21. The summed E-state index contributed by atoms with van der Waals surface area (Å²) in [6.07, 6.45) is 4.37. The van der Waals surface area contributed by atoms with E-state index in [9.17, 15) is 4.79 Å². The Balaban J connectivity index is 2.15. The predicted molar refractivity (Wildman–Crippen MR) is 85.0 cm³/mol. The second kappa shape index (κ2) is 7.22. The van der Waals surface area contributed by atoms with Crippen LogP contribution in [0.5, 0.6) is 0 Å². The van der Waals surface area contributed by atoms with Crippen molar-refractivity contribution < 1.29 is 4.79 Å². The summed E-state index contributed by atoms with van der Waals surface area (Å²) in [6, 6.07) is 4.04. The Morgan fingerprint density at radius 2 is 2.24 bits per heavy atom. The molecule has 0 saturated carbocycles. The molecular weight excluding hydrogens is 264 g/mol. The van der Waals surface area contributed by atoms with Gasteiger partial charge in [-0.05, 0) is 30.2 Å². The van der Waals surface area contributed by atoms with Crippen LogP contribution in [0, 0.1) is 5.92 Å². The third kappa shape index (κ3) is 4.04. The van der Waals surface area contributed by atoms with Crippen LogP contribution < -0.4 is 10.6 Å². The number of carbonyl (C=O) groups excluding carboxylic acids is 1. The third-order valence-electron chi connectivity index (χ3n) is 3.44. The Kier molecular flexibility index (Phi) is 5.33. The first-order valence-electron chi connectivity index (χ1n) is 7.46. The quantitative estimate of drug-likeness (QED) is 0.818. The van der Waals surface area contributed by atoms with Crippen molar-refractivity contribution in [3.05, 3.63) is 30.1 Å². The van der Waals surface area contributed by atoms with E-state index in [1.165, 1.54) is 5.56 Å². The molecule has 5 nitrogen and oxygen atoms in total. The second-order valence-corrected chi connectivity index (χ2v) is 5.67. The summed E-state index contributed by atoms with van der Waals surface area (Å²) in [5, 5.41) is 7.27. The van der Waals surface area contributed by atoms with E-state index in [4.69, 9.17) is 0 Å². The maximum absolute atomic E-state index is 11.4. The van der Waals surface area contributed by atoms with Gasteiger partial charge in [0.25, 0.3) is 0 Å². The molecule has 0 radical (unpaired) electrons. The molecule has 5 heteroatoms. The van der Waals surface area contributed by atoms with Gasteiger partial charge >= 0.3 is 0 Å². The number of carbonyl (C=O) groups is 1. The molecule has 2 N–H and O–H groups in total. The van der Waals surface area contributed by atoms with Gasteiger partial charge in [0, 0.05) is 44.3 Å². The van der Waals surface area contributed by atoms with Crippen molar-refractivity contribution in [3.63, 3.8) is 0 Å². The Labute approximate surface area is 125 Å². The van der Waals surface area contributed by atoms with Gasteiger partial charge in [-0.1, -0.05) is 13.8 Å². The Bertz CT molecular complexity index is 603. The first-order valence-corrected chi connectivity index (χ1v) is 7.46. The largest absolute Gasteiger partial charge is 0.359 e. The van der Waals surface area contributed by atoms with Gasteiger partial charge in [0.15, 0.2) is 0 Å². The molecule has 2 rings (SSSR count). The molecule has 2 aromatic heterocycles. The number of rotatable bonds is 7. The number of aromatic nitrogens is 2. The Morgan fingerprint density at radius 1 is 1.43 bits per heavy atom. The first kappa shape index (κ1) is 15.5. The average molecular weight is 288 g/mol. The van der Waals surface area contributed by atoms with Gasteiger partial charge in [-0.3, -0.25) is 4.79 Å². The zero-order chi connectivity index (χ0) is 15.2. The fourth-order valence-corrected chi connectivity index (χ4v) is 2.35. The van der Waals surface area contributed by atoms with E-state index in [0.29, 0.717) is 18.9 Å². The number of pyridine rings is 1. The summed E-state index contributed by atoms with van der Waals surface area (Å²) in [4.78, 5) is 15.9. The highest BCUT2D eigenvalue weighted by atomic mass is 16.1. The summed E-state index contributed by atoms with van der Waals surface area (Å²) in [7, 11) is 1.66. The third-order valence-corrected chi connectivity index (χ3v) is 3.44. The molecule has 0 bridgehead atoms. The molecule has 0 fully saturated rings. The highest BCUT2D eigenvalue weighted by molar-refractivity contribution is 5.81. The lowest BCUT2D eigenvalue weighted by Crippen LogP contribution is -2.19. The molecule has 0 atom stereocenters. The molecular formula is C16H24N4O. The minimum atomic E-state index is 0.0484. The van der Waals surface area contributed by atoms with Crippen LogP contribution in [0.25, 0.3) is 11.0 Å². The minimum absolute atomic E-state index is 0.0484. The molecule has 114 valence electrons. The van der Waals surface area contributed by atoms with Crippen LogP contribution >= 0.6 is 0 Å². The Hall–Kier alpha value is -1.88. The zero-order valence-electron chi connectivity index (χ0n) is 13.0. The van der Waals surface area contributed by atoms with Crippen LogP contribution in [0.2, 0.25) is 0 Å². The number of nitrogens with zero attached hydrogens (tertiary/aromatic N) is 2. The monoisotopic (exact) mass is 288 g/mol. The highest BCUT2D eigenvalue weighted by Crippen LogP contribution is 2.19. The van der Waals surface area contributed by atoms with Crippen molar-refractivity contribution in [1.82, 2.24) is 20.2 Å². The van der Waals surface area contributed by atoms with Crippen LogP contribution in [0.15, 0.2) is 24.5 Å². The van der Waals surface area contributed by atoms with Crippen LogP contribution in [-0.2, 0) is 17.9 Å². The zero-order valence-corrected chi connectivity index (χ0v) is 13.0. The van der Waals surface area contributed by atoms with Gasteiger partial charge < -0.3 is 15.2 Å². The lowest BCUT2D eigenvalue weighted by Gasteiger charge is -2.06. The normalized spacial score (nSPS) is 11.2. The number of aryl methyl sites for hydroxylation is 1. The maximum Gasteiger partial charge on any atom is 0.221 e. The van der Waals surface area contributed by atoms with Crippen molar-refractivity contribution in [3.8, 4) is 0 Å². The molecule has 21 heavy (non-hydrogen) atoms. The first-order chi connectivity index (χ1) is 10.1. The standard InChI is InChI=1S/C16H24N4O/c1-12(2)9-18-10-13-11-20(8-6-15(21)17-3)16-14(13)5-4-7-19-16/h4-5,7,11-12,18H,6,8-10H2,1-3H3,(H,17,21). The van der Waals surface area contributed by atoms with E-state index in [1.807, 2.05) is 6.07 Å². The minimum Gasteiger partial charge on any atom is -0.359 e. The van der Waals surface area contributed by atoms with E-state index >= 15 is 0 Å². The van der Waals surface area contributed by atoms with E-state index in [1.54, 1.807) is 13.2 Å². The van der Waals surface area contributed by atoms with Gasteiger partial charge in [0.05, 0.1) is 0 Å². The summed E-state index contributed by atoms with van der Waals surface area (Å²) < 4.78 is 2.07. The van der Waals surface area contributed by atoms with E-state index < -0.39 is 0 Å². The number of nitrogens with one attached hydrogen (secondary N) is 2. The smallest absolute Gasteiger partial charge is 0.221 e. The van der Waals surface area contributed by atoms with Crippen LogP contribution in [-0.4, -0.2) is 29.1 Å². The molecule has 0 spiro atoms. The van der Waals surface area contributed by atoms with Crippen LogP contribution in [0.3, 0.4) is 0 Å². The topological polar surface area (TPSA) is 59.0 Å². The molecule has 0 aliphatic carbocycles. The molecule has 2 heterocycles. The van der Waals surface area contributed by atoms with Gasteiger partial charge in [0.1, 0.15) is 5.65 Å². The van der Waals surface area contributed by atoms with Gasteiger partial charge in [-0.2, -0.15) is 0 Å². The molecule has 0 unspecified atom stereocenters. The lowest BCUT2D eigenvalue weighted by atomic mass is 10.2. The van der Waals surface area contributed by atoms with E-state index in [2.05, 4.69) is 46.3 Å². The lowest BCUT2D eigenvalue weighted by molar-refractivity contribution is -0.120. The molecule has 0 saturated heterocycles. The maximum atomic E-state index is 11.4. The van der Waals surface area contributed by atoms with Crippen molar-refractivity contribution in [2.45, 2.75) is 33.4 Å². The average Bonchev–Trinajstić information content (AvgIpc) is 2.83. The summed E-state index contributed by atoms with van der Waals surface area (Å²) >= 11 is 0. The number of amides is 1. The van der Waals surface area contributed by atoms with Gasteiger partial charge in [-0.25, -0.2) is 4.98 Å². The fraction of sp³-hybridized carbons (Fsp3) is 0.500. The number of hydrogen-bond acceptors (Lipinski definition) is 3. The van der Waals surface area contributed by atoms with Crippen molar-refractivity contribution in [1.29, 1.82) is 0 Å². The predicted octanol–water partition coefficient (Wildman–Crippen LogP) is 1.92. The van der Waals surface area contributed by atoms with Crippen molar-refractivity contribution >= 4 is 16.9 Å². The number of fused-ring (bicyclic) bond motifs is 1. The van der Waals surface area contributed by atoms with Crippen LogP contribution in [0.1, 0.15) is 25.8 Å².